The second-order valence-electron chi connectivity index (χ2n) is 5.82. The molecule has 1 unspecified atom stereocenters. The zero-order valence-corrected chi connectivity index (χ0v) is 15.5. The number of carbonyl (C=O) groups excluding carboxylic acids is 1. The van der Waals surface area contributed by atoms with Crippen LogP contribution in [0.5, 0.6) is 0 Å². The number of carboxylic acid groups (broad SMARTS) is 1. The Morgan fingerprint density at radius 1 is 1.12 bits per heavy atom. The fourth-order valence-electron chi connectivity index (χ4n) is 2.58. The molecule has 1 amide bonds. The van der Waals surface area contributed by atoms with Gasteiger partial charge in [-0.1, -0.05) is 47.5 Å². The topological polar surface area (TPSA) is 57.6 Å². The second kappa shape index (κ2) is 8.37. The minimum atomic E-state index is -0.986. The highest BCUT2D eigenvalue weighted by atomic mass is 35.5. The number of carboxylic acids is 1. The van der Waals surface area contributed by atoms with Crippen LogP contribution >= 0.6 is 23.2 Å². The molecule has 0 aliphatic carbocycles. The highest BCUT2D eigenvalue weighted by molar-refractivity contribution is 6.42. The van der Waals surface area contributed by atoms with E-state index in [0.717, 1.165) is 5.56 Å². The van der Waals surface area contributed by atoms with Crippen molar-refractivity contribution in [1.29, 1.82) is 0 Å². The summed E-state index contributed by atoms with van der Waals surface area (Å²) < 4.78 is 0. The van der Waals surface area contributed by atoms with Gasteiger partial charge in [-0.2, -0.15) is 0 Å². The van der Waals surface area contributed by atoms with E-state index in [4.69, 9.17) is 23.2 Å². The Bertz CT molecular complexity index is 792. The van der Waals surface area contributed by atoms with Crippen molar-refractivity contribution in [3.05, 3.63) is 69.2 Å². The third kappa shape index (κ3) is 4.74. The average molecular weight is 380 g/mol. The third-order valence-corrected chi connectivity index (χ3v) is 5.00. The molecule has 0 spiro atoms. The van der Waals surface area contributed by atoms with Gasteiger partial charge in [0.15, 0.2) is 0 Å². The first kappa shape index (κ1) is 19.3. The molecule has 0 fully saturated rings. The summed E-state index contributed by atoms with van der Waals surface area (Å²) in [7, 11) is 1.72. The van der Waals surface area contributed by atoms with Crippen molar-refractivity contribution < 1.29 is 14.7 Å². The summed E-state index contributed by atoms with van der Waals surface area (Å²) in [6.45, 7) is 1.91. The Labute approximate surface area is 157 Å². The van der Waals surface area contributed by atoms with Crippen LogP contribution in [0.25, 0.3) is 0 Å². The van der Waals surface area contributed by atoms with Gasteiger partial charge in [0.1, 0.15) is 0 Å². The second-order valence-corrected chi connectivity index (χ2v) is 6.63. The third-order valence-electron chi connectivity index (χ3n) is 4.26. The first-order chi connectivity index (χ1) is 11.8. The van der Waals surface area contributed by atoms with Crippen LogP contribution in [-0.2, 0) is 11.2 Å². The maximum Gasteiger partial charge on any atom is 0.335 e. The van der Waals surface area contributed by atoms with Crippen LogP contribution in [0.15, 0.2) is 42.5 Å². The van der Waals surface area contributed by atoms with E-state index < -0.39 is 5.97 Å². The van der Waals surface area contributed by atoms with Crippen LogP contribution < -0.4 is 0 Å². The molecule has 0 aliphatic heterocycles. The largest absolute Gasteiger partial charge is 0.478 e. The fraction of sp³-hybridized carbons (Fsp3) is 0.263. The number of rotatable bonds is 6. The van der Waals surface area contributed by atoms with E-state index in [-0.39, 0.29) is 23.9 Å². The Morgan fingerprint density at radius 2 is 1.80 bits per heavy atom. The molecule has 1 atom stereocenters. The quantitative estimate of drug-likeness (QED) is 0.780. The molecule has 1 N–H and O–H groups in total. The summed E-state index contributed by atoms with van der Waals surface area (Å²) in [6.07, 6.45) is 0.603. The Morgan fingerprint density at radius 3 is 2.44 bits per heavy atom. The molecule has 0 heterocycles. The van der Waals surface area contributed by atoms with Gasteiger partial charge in [0.2, 0.25) is 5.91 Å². The van der Waals surface area contributed by atoms with E-state index in [2.05, 4.69) is 0 Å². The number of amides is 1. The van der Waals surface area contributed by atoms with E-state index in [1.54, 1.807) is 48.3 Å². The fourth-order valence-corrected chi connectivity index (χ4v) is 2.88. The van der Waals surface area contributed by atoms with Crippen molar-refractivity contribution >= 4 is 35.1 Å². The van der Waals surface area contributed by atoms with Gasteiger partial charge in [-0.25, -0.2) is 4.79 Å². The molecule has 2 aromatic rings. The number of aromatic carboxylic acids is 1. The van der Waals surface area contributed by atoms with Crippen LogP contribution in [0.4, 0.5) is 0 Å². The monoisotopic (exact) mass is 379 g/mol. The predicted octanol–water partition coefficient (Wildman–Crippen LogP) is 4.84. The van der Waals surface area contributed by atoms with Gasteiger partial charge in [-0.3, -0.25) is 4.79 Å². The minimum Gasteiger partial charge on any atom is -0.478 e. The number of aryl methyl sites for hydroxylation is 1. The van der Waals surface area contributed by atoms with Crippen LogP contribution in [0.1, 0.15) is 40.9 Å². The van der Waals surface area contributed by atoms with Crippen molar-refractivity contribution in [2.45, 2.75) is 25.8 Å². The Balaban J connectivity index is 2.05. The van der Waals surface area contributed by atoms with Crippen molar-refractivity contribution in [3.8, 4) is 0 Å². The Hall–Kier alpha value is -2.04. The van der Waals surface area contributed by atoms with Gasteiger partial charge >= 0.3 is 5.97 Å². The molecule has 0 aromatic heterocycles. The lowest BCUT2D eigenvalue weighted by atomic mass is 10.0. The molecule has 25 heavy (non-hydrogen) atoms. The molecule has 132 valence electrons. The molecule has 0 aliphatic rings. The molecule has 0 radical (unpaired) electrons. The zero-order valence-electron chi connectivity index (χ0n) is 14.0. The molecular formula is C19H19Cl2NO3. The number of benzene rings is 2. The van der Waals surface area contributed by atoms with Gasteiger partial charge in [-0.15, -0.1) is 0 Å². The summed E-state index contributed by atoms with van der Waals surface area (Å²) >= 11 is 12.0. The van der Waals surface area contributed by atoms with Crippen LogP contribution in [0, 0.1) is 0 Å². The number of carbonyl (C=O) groups is 2. The molecule has 0 saturated heterocycles. The van der Waals surface area contributed by atoms with E-state index in [1.807, 2.05) is 13.0 Å². The standard InChI is InChI=1S/C19H19Cl2NO3/c1-12(14-7-9-16(20)17(21)11-14)22(2)18(23)10-8-13-5-3-4-6-15(13)19(24)25/h3-7,9,11-12H,8,10H2,1-2H3,(H,24,25). The summed E-state index contributed by atoms with van der Waals surface area (Å²) in [5, 5.41) is 10.1. The van der Waals surface area contributed by atoms with Gasteiger partial charge < -0.3 is 10.0 Å². The highest BCUT2D eigenvalue weighted by Crippen LogP contribution is 2.28. The first-order valence-electron chi connectivity index (χ1n) is 7.83. The van der Waals surface area contributed by atoms with E-state index in [0.29, 0.717) is 22.0 Å². The minimum absolute atomic E-state index is 0.0706. The van der Waals surface area contributed by atoms with Gasteiger partial charge in [0.25, 0.3) is 0 Å². The average Bonchev–Trinajstić information content (AvgIpc) is 2.60. The Kier molecular flexibility index (Phi) is 6.45. The predicted molar refractivity (Wildman–Crippen MR) is 99.4 cm³/mol. The number of hydrogen-bond acceptors (Lipinski definition) is 2. The molecule has 0 bridgehead atoms. The van der Waals surface area contributed by atoms with Crippen LogP contribution in [-0.4, -0.2) is 28.9 Å². The van der Waals surface area contributed by atoms with E-state index >= 15 is 0 Å². The van der Waals surface area contributed by atoms with E-state index in [9.17, 15) is 14.7 Å². The van der Waals surface area contributed by atoms with Gasteiger partial charge in [-0.05, 0) is 42.7 Å². The SMILES string of the molecule is CC(c1ccc(Cl)c(Cl)c1)N(C)C(=O)CCc1ccccc1C(=O)O. The highest BCUT2D eigenvalue weighted by Gasteiger charge is 2.19. The summed E-state index contributed by atoms with van der Waals surface area (Å²) in [4.78, 5) is 25.3. The van der Waals surface area contributed by atoms with Crippen molar-refractivity contribution in [2.75, 3.05) is 7.05 Å². The first-order valence-corrected chi connectivity index (χ1v) is 8.58. The van der Waals surface area contributed by atoms with Crippen molar-refractivity contribution in [2.24, 2.45) is 0 Å². The maximum absolute atomic E-state index is 12.5. The van der Waals surface area contributed by atoms with Crippen LogP contribution in [0.3, 0.4) is 0 Å². The summed E-state index contributed by atoms with van der Waals surface area (Å²) in [6, 6.07) is 11.8. The lowest BCUT2D eigenvalue weighted by Crippen LogP contribution is -2.30. The molecular weight excluding hydrogens is 361 g/mol. The van der Waals surface area contributed by atoms with Crippen LogP contribution in [0.2, 0.25) is 10.0 Å². The zero-order chi connectivity index (χ0) is 18.6. The number of halogens is 2. The summed E-state index contributed by atoms with van der Waals surface area (Å²) in [5.74, 6) is -1.06. The van der Waals surface area contributed by atoms with Gasteiger partial charge in [0, 0.05) is 13.5 Å². The molecule has 6 heteroatoms. The molecule has 4 nitrogen and oxygen atoms in total. The lowest BCUT2D eigenvalue weighted by molar-refractivity contribution is -0.131. The number of hydrogen-bond donors (Lipinski definition) is 1. The molecule has 2 aromatic carbocycles. The van der Waals surface area contributed by atoms with Gasteiger partial charge in [0.05, 0.1) is 21.7 Å². The molecule has 0 saturated carbocycles. The van der Waals surface area contributed by atoms with Crippen molar-refractivity contribution in [1.82, 2.24) is 4.90 Å². The van der Waals surface area contributed by atoms with E-state index in [1.165, 1.54) is 0 Å². The molecule has 2 rings (SSSR count). The summed E-state index contributed by atoms with van der Waals surface area (Å²) in [5.41, 5.74) is 1.77. The lowest BCUT2D eigenvalue weighted by Gasteiger charge is -2.26. The smallest absolute Gasteiger partial charge is 0.335 e. The number of nitrogens with zero attached hydrogens (tertiary/aromatic N) is 1. The normalized spacial score (nSPS) is 11.8. The maximum atomic E-state index is 12.5. The van der Waals surface area contributed by atoms with Crippen molar-refractivity contribution in [3.63, 3.8) is 0 Å².